The summed E-state index contributed by atoms with van der Waals surface area (Å²) in [6.07, 6.45) is 4.82. The topological polar surface area (TPSA) is 98.0 Å². The highest BCUT2D eigenvalue weighted by Crippen LogP contribution is 2.40. The fraction of sp³-hybridized carbons (Fsp3) is 0.429. The van der Waals surface area contributed by atoms with Crippen molar-refractivity contribution >= 4 is 45.3 Å². The second kappa shape index (κ2) is 6.21. The molecule has 0 aromatic carbocycles. The van der Waals surface area contributed by atoms with Gasteiger partial charge in [-0.15, -0.1) is 11.3 Å². The first kappa shape index (κ1) is 15.2. The maximum Gasteiger partial charge on any atom is 0.318 e. The smallest absolute Gasteiger partial charge is 0.318 e. The predicted molar refractivity (Wildman–Crippen MR) is 87.1 cm³/mol. The number of carbonyl (C=O) groups excluding carboxylic acids is 2. The lowest BCUT2D eigenvalue weighted by Crippen LogP contribution is -2.36. The molecule has 0 saturated carbocycles. The van der Waals surface area contributed by atoms with Gasteiger partial charge < -0.3 is 5.73 Å². The van der Waals surface area contributed by atoms with Crippen LogP contribution in [0.15, 0.2) is 11.4 Å². The Morgan fingerprint density at radius 1 is 1.50 bits per heavy atom. The van der Waals surface area contributed by atoms with Crippen molar-refractivity contribution in [3.63, 3.8) is 0 Å². The summed E-state index contributed by atoms with van der Waals surface area (Å²) in [6, 6.07) is -0.833. The molecule has 1 aliphatic rings. The van der Waals surface area contributed by atoms with Crippen LogP contribution in [-0.4, -0.2) is 27.7 Å². The molecule has 0 spiro atoms. The van der Waals surface area contributed by atoms with Gasteiger partial charge in [-0.2, -0.15) is 0 Å². The number of fused-ring (bicyclic) bond motifs is 3. The van der Waals surface area contributed by atoms with Crippen LogP contribution in [0.25, 0.3) is 10.2 Å². The zero-order valence-electron chi connectivity index (χ0n) is 12.1. The van der Waals surface area contributed by atoms with Gasteiger partial charge in [0, 0.05) is 10.3 Å². The van der Waals surface area contributed by atoms with E-state index in [4.69, 9.17) is 5.73 Å². The van der Waals surface area contributed by atoms with Gasteiger partial charge in [0.2, 0.25) is 5.91 Å². The fourth-order valence-corrected chi connectivity index (χ4v) is 4.90. The molecule has 0 saturated heterocycles. The van der Waals surface area contributed by atoms with Crippen molar-refractivity contribution in [2.24, 2.45) is 11.7 Å². The number of hydrogen-bond donors (Lipinski definition) is 2. The van der Waals surface area contributed by atoms with E-state index in [1.165, 1.54) is 35.0 Å². The Bertz CT molecular complexity index is 744. The molecule has 3 rings (SSSR count). The number of thiophene rings is 1. The van der Waals surface area contributed by atoms with Gasteiger partial charge in [0.1, 0.15) is 16.2 Å². The van der Waals surface area contributed by atoms with Crippen LogP contribution in [0.4, 0.5) is 4.79 Å². The predicted octanol–water partition coefficient (Wildman–Crippen LogP) is 2.10. The normalized spacial score (nSPS) is 17.2. The van der Waals surface area contributed by atoms with Gasteiger partial charge in [0.15, 0.2) is 0 Å². The van der Waals surface area contributed by atoms with Gasteiger partial charge in [-0.3, -0.25) is 10.1 Å². The van der Waals surface area contributed by atoms with Gasteiger partial charge in [0.05, 0.1) is 5.75 Å². The zero-order chi connectivity index (χ0) is 15.7. The first-order chi connectivity index (χ1) is 10.5. The zero-order valence-corrected chi connectivity index (χ0v) is 13.7. The summed E-state index contributed by atoms with van der Waals surface area (Å²) in [5, 5.41) is 3.94. The summed E-state index contributed by atoms with van der Waals surface area (Å²) >= 11 is 3.04. The van der Waals surface area contributed by atoms with E-state index in [2.05, 4.69) is 22.2 Å². The number of amides is 3. The molecular weight excluding hydrogens is 320 g/mol. The maximum atomic E-state index is 11.6. The molecule has 1 unspecified atom stereocenters. The molecule has 2 heterocycles. The van der Waals surface area contributed by atoms with E-state index in [1.807, 2.05) is 0 Å². The molecule has 1 aliphatic carbocycles. The van der Waals surface area contributed by atoms with Gasteiger partial charge >= 0.3 is 6.03 Å². The quantitative estimate of drug-likeness (QED) is 0.661. The number of rotatable bonds is 3. The van der Waals surface area contributed by atoms with Gasteiger partial charge in [-0.25, -0.2) is 14.8 Å². The number of urea groups is 1. The van der Waals surface area contributed by atoms with Crippen LogP contribution in [0.3, 0.4) is 0 Å². The van der Waals surface area contributed by atoms with E-state index < -0.39 is 11.9 Å². The molecule has 1 atom stereocenters. The molecule has 3 N–H and O–H groups in total. The van der Waals surface area contributed by atoms with Crippen LogP contribution in [0.5, 0.6) is 0 Å². The Hall–Kier alpha value is -1.67. The molecule has 2 aromatic heterocycles. The van der Waals surface area contributed by atoms with Gasteiger partial charge in [-0.05, 0) is 30.7 Å². The summed E-state index contributed by atoms with van der Waals surface area (Å²) < 4.78 is 0. The Kier molecular flexibility index (Phi) is 4.30. The lowest BCUT2D eigenvalue weighted by Gasteiger charge is -2.18. The first-order valence-corrected chi connectivity index (χ1v) is 8.82. The van der Waals surface area contributed by atoms with Crippen LogP contribution in [0.2, 0.25) is 0 Å². The Balaban J connectivity index is 1.87. The molecule has 0 bridgehead atoms. The van der Waals surface area contributed by atoms with Crippen molar-refractivity contribution < 1.29 is 9.59 Å². The third-order valence-electron chi connectivity index (χ3n) is 3.66. The van der Waals surface area contributed by atoms with Gasteiger partial charge in [0.25, 0.3) is 0 Å². The van der Waals surface area contributed by atoms with Crippen LogP contribution in [-0.2, 0) is 17.6 Å². The highest BCUT2D eigenvalue weighted by molar-refractivity contribution is 8.00. The largest absolute Gasteiger partial charge is 0.351 e. The monoisotopic (exact) mass is 336 g/mol. The second-order valence-electron chi connectivity index (χ2n) is 5.41. The van der Waals surface area contributed by atoms with Crippen molar-refractivity contribution in [3.05, 3.63) is 16.8 Å². The van der Waals surface area contributed by atoms with E-state index in [0.29, 0.717) is 5.92 Å². The Morgan fingerprint density at radius 2 is 2.32 bits per heavy atom. The Labute approximate surface area is 135 Å². The minimum atomic E-state index is -0.833. The van der Waals surface area contributed by atoms with Crippen LogP contribution >= 0.6 is 23.1 Å². The third-order valence-corrected chi connectivity index (χ3v) is 5.81. The fourth-order valence-electron chi connectivity index (χ4n) is 2.66. The highest BCUT2D eigenvalue weighted by atomic mass is 32.2. The van der Waals surface area contributed by atoms with Crippen molar-refractivity contribution in [2.45, 2.75) is 31.2 Å². The van der Waals surface area contributed by atoms with Crippen molar-refractivity contribution in [3.8, 4) is 0 Å². The standard InChI is InChI=1S/C14H16N4O2S2/c1-7-2-3-8-9(4-7)22-13-11(8)12(16-6-17-13)21-5-10(19)18-14(15)20/h6-7H,2-5H2,1H3,(H3,15,18,19,20). The molecular formula is C14H16N4O2S2. The number of nitrogens with one attached hydrogen (secondary N) is 1. The number of aryl methyl sites for hydroxylation is 1. The summed E-state index contributed by atoms with van der Waals surface area (Å²) in [6.45, 7) is 2.27. The van der Waals surface area contributed by atoms with Crippen LogP contribution in [0, 0.1) is 5.92 Å². The van der Waals surface area contributed by atoms with Gasteiger partial charge in [-0.1, -0.05) is 18.7 Å². The number of thioether (sulfide) groups is 1. The number of nitrogens with zero attached hydrogens (tertiary/aromatic N) is 2. The minimum Gasteiger partial charge on any atom is -0.351 e. The molecule has 0 aliphatic heterocycles. The molecule has 0 fully saturated rings. The molecule has 2 aromatic rings. The first-order valence-electron chi connectivity index (χ1n) is 7.02. The lowest BCUT2D eigenvalue weighted by molar-refractivity contribution is -0.117. The summed E-state index contributed by atoms with van der Waals surface area (Å²) in [4.78, 5) is 33.3. The number of hydrogen-bond acceptors (Lipinski definition) is 6. The van der Waals surface area contributed by atoms with E-state index >= 15 is 0 Å². The summed E-state index contributed by atoms with van der Waals surface area (Å²) in [5.41, 5.74) is 6.27. The van der Waals surface area contributed by atoms with E-state index in [0.717, 1.165) is 28.1 Å². The number of carbonyl (C=O) groups is 2. The SMILES string of the molecule is CC1CCc2c(sc3ncnc(SCC(=O)NC(N)=O)c23)C1. The average molecular weight is 336 g/mol. The second-order valence-corrected chi connectivity index (χ2v) is 7.46. The Morgan fingerprint density at radius 3 is 3.09 bits per heavy atom. The average Bonchev–Trinajstić information content (AvgIpc) is 2.82. The molecule has 6 nitrogen and oxygen atoms in total. The molecule has 116 valence electrons. The van der Waals surface area contributed by atoms with E-state index in [9.17, 15) is 9.59 Å². The number of imide groups is 1. The lowest BCUT2D eigenvalue weighted by atomic mass is 9.89. The van der Waals surface area contributed by atoms with Crippen LogP contribution < -0.4 is 11.1 Å². The molecule has 0 radical (unpaired) electrons. The van der Waals surface area contributed by atoms with E-state index in [1.54, 1.807) is 11.3 Å². The highest BCUT2D eigenvalue weighted by Gasteiger charge is 2.23. The maximum absolute atomic E-state index is 11.6. The molecule has 8 heteroatoms. The van der Waals surface area contributed by atoms with E-state index in [-0.39, 0.29) is 5.75 Å². The molecule has 3 amide bonds. The number of primary amides is 1. The number of nitrogens with two attached hydrogens (primary N) is 1. The molecule has 22 heavy (non-hydrogen) atoms. The minimum absolute atomic E-state index is 0.107. The van der Waals surface area contributed by atoms with Crippen molar-refractivity contribution in [1.82, 2.24) is 15.3 Å². The van der Waals surface area contributed by atoms with Crippen molar-refractivity contribution in [1.29, 1.82) is 0 Å². The van der Waals surface area contributed by atoms with Crippen molar-refractivity contribution in [2.75, 3.05) is 5.75 Å². The van der Waals surface area contributed by atoms with Crippen LogP contribution in [0.1, 0.15) is 23.8 Å². The summed E-state index contributed by atoms with van der Waals surface area (Å²) in [7, 11) is 0. The summed E-state index contributed by atoms with van der Waals surface area (Å²) in [5.74, 6) is 0.392. The number of aromatic nitrogens is 2. The third kappa shape index (κ3) is 3.07.